The third-order valence-electron chi connectivity index (χ3n) is 5.40. The second-order valence-electron chi connectivity index (χ2n) is 7.27. The number of benzene rings is 1. The number of hydrogen-bond donors (Lipinski definition) is 1. The predicted octanol–water partition coefficient (Wildman–Crippen LogP) is 1.69. The molecule has 2 atom stereocenters. The van der Waals surface area contributed by atoms with Crippen molar-refractivity contribution in [2.24, 2.45) is 5.92 Å². The molecule has 0 spiro atoms. The second kappa shape index (κ2) is 8.37. The Morgan fingerprint density at radius 2 is 1.97 bits per heavy atom. The van der Waals surface area contributed by atoms with Crippen LogP contribution in [0.5, 0.6) is 5.75 Å². The molecule has 10 heteroatoms. The fourth-order valence-corrected chi connectivity index (χ4v) is 6.53. The molecule has 0 aliphatic carbocycles. The molecule has 2 aromatic rings. The van der Waals surface area contributed by atoms with Gasteiger partial charge in [-0.05, 0) is 36.4 Å². The average Bonchev–Trinajstić information content (AvgIpc) is 3.33. The summed E-state index contributed by atoms with van der Waals surface area (Å²) in [6.45, 7) is 0.609. The lowest BCUT2D eigenvalue weighted by atomic mass is 9.97. The highest BCUT2D eigenvalue weighted by Gasteiger charge is 2.39. The number of para-hydroxylation sites is 2. The summed E-state index contributed by atoms with van der Waals surface area (Å²) in [4.78, 5) is 27.2. The maximum Gasteiger partial charge on any atom is 0.262 e. The first-order valence-corrected chi connectivity index (χ1v) is 12.1. The summed E-state index contributed by atoms with van der Waals surface area (Å²) in [6.07, 6.45) is 0.383. The quantitative estimate of drug-likeness (QED) is 0.766. The summed E-state index contributed by atoms with van der Waals surface area (Å²) in [6, 6.07) is 10.4. The predicted molar refractivity (Wildman–Crippen MR) is 113 cm³/mol. The molecular weight excluding hydrogens is 426 g/mol. The number of piperidine rings is 1. The summed E-state index contributed by atoms with van der Waals surface area (Å²) in [5.41, 5.74) is 0.598. The van der Waals surface area contributed by atoms with Gasteiger partial charge in [-0.2, -0.15) is 4.31 Å². The van der Waals surface area contributed by atoms with Crippen molar-refractivity contribution in [3.63, 3.8) is 0 Å². The van der Waals surface area contributed by atoms with Crippen LogP contribution < -0.4 is 15.0 Å². The number of rotatable bonds is 4. The SMILES string of the molecule is CNC(=O)[C@H]1CN(C(=O)[C@H]2CCCN(S(=O)(=O)c3cccs3)C2)c2ccccc2O1. The Kier molecular flexibility index (Phi) is 5.81. The smallest absolute Gasteiger partial charge is 0.262 e. The van der Waals surface area contributed by atoms with Crippen LogP contribution in [-0.4, -0.2) is 57.3 Å². The van der Waals surface area contributed by atoms with Gasteiger partial charge < -0.3 is 15.0 Å². The van der Waals surface area contributed by atoms with Crippen LogP contribution >= 0.6 is 11.3 Å². The zero-order chi connectivity index (χ0) is 21.3. The van der Waals surface area contributed by atoms with E-state index in [1.165, 1.54) is 22.7 Å². The molecule has 3 heterocycles. The average molecular weight is 450 g/mol. The molecule has 0 saturated carbocycles. The number of carbonyl (C=O) groups excluding carboxylic acids is 2. The van der Waals surface area contributed by atoms with Crippen LogP contribution in [0.2, 0.25) is 0 Å². The van der Waals surface area contributed by atoms with E-state index in [1.807, 2.05) is 0 Å². The zero-order valence-electron chi connectivity index (χ0n) is 16.5. The van der Waals surface area contributed by atoms with Crippen molar-refractivity contribution in [1.82, 2.24) is 9.62 Å². The molecule has 1 aromatic heterocycles. The lowest BCUT2D eigenvalue weighted by Gasteiger charge is -2.38. The first-order valence-electron chi connectivity index (χ1n) is 9.74. The van der Waals surface area contributed by atoms with Crippen LogP contribution in [0, 0.1) is 5.92 Å². The topological polar surface area (TPSA) is 96.0 Å². The van der Waals surface area contributed by atoms with E-state index in [1.54, 1.807) is 46.7 Å². The minimum absolute atomic E-state index is 0.0870. The zero-order valence-corrected chi connectivity index (χ0v) is 18.1. The maximum absolute atomic E-state index is 13.5. The monoisotopic (exact) mass is 449 g/mol. The van der Waals surface area contributed by atoms with Gasteiger partial charge in [0.25, 0.3) is 15.9 Å². The minimum Gasteiger partial charge on any atom is -0.477 e. The molecule has 2 aliphatic heterocycles. The Morgan fingerprint density at radius 1 is 1.17 bits per heavy atom. The van der Waals surface area contributed by atoms with Gasteiger partial charge in [0.1, 0.15) is 9.96 Å². The number of nitrogens with zero attached hydrogens (tertiary/aromatic N) is 2. The standard InChI is InChI=1S/C20H23N3O5S2/c1-21-19(24)17-13-23(15-7-2-3-8-16(15)28-17)20(25)14-6-4-10-22(12-14)30(26,27)18-9-5-11-29-18/h2-3,5,7-9,11,14,17H,4,6,10,12-13H2,1H3,(H,21,24)/t14-,17+/m0/s1. The van der Waals surface area contributed by atoms with Gasteiger partial charge in [-0.3, -0.25) is 9.59 Å². The number of ether oxygens (including phenoxy) is 1. The lowest BCUT2D eigenvalue weighted by Crippen LogP contribution is -2.53. The maximum atomic E-state index is 13.5. The number of nitrogens with one attached hydrogen (secondary N) is 1. The van der Waals surface area contributed by atoms with Gasteiger partial charge in [-0.15, -0.1) is 11.3 Å². The third-order valence-corrected chi connectivity index (χ3v) is 8.64. The van der Waals surface area contributed by atoms with Crippen molar-refractivity contribution in [3.8, 4) is 5.75 Å². The number of sulfonamides is 1. The Labute approximate surface area is 179 Å². The van der Waals surface area contributed by atoms with Crippen LogP contribution in [-0.2, 0) is 19.6 Å². The summed E-state index contributed by atoms with van der Waals surface area (Å²) in [7, 11) is -2.09. The van der Waals surface area contributed by atoms with E-state index >= 15 is 0 Å². The van der Waals surface area contributed by atoms with Gasteiger partial charge in [0, 0.05) is 20.1 Å². The molecule has 1 fully saturated rings. The van der Waals surface area contributed by atoms with E-state index in [4.69, 9.17) is 4.74 Å². The summed E-state index contributed by atoms with van der Waals surface area (Å²) < 4.78 is 33.3. The molecule has 1 aromatic carbocycles. The minimum atomic E-state index is -3.61. The molecule has 2 aliphatic rings. The molecule has 0 unspecified atom stereocenters. The Balaban J connectivity index is 1.58. The molecule has 2 amide bonds. The summed E-state index contributed by atoms with van der Waals surface area (Å²) >= 11 is 1.17. The van der Waals surface area contributed by atoms with Gasteiger partial charge in [-0.1, -0.05) is 18.2 Å². The number of anilines is 1. The largest absolute Gasteiger partial charge is 0.477 e. The summed E-state index contributed by atoms with van der Waals surface area (Å²) in [5.74, 6) is -0.520. The normalized spacial score (nSPS) is 22.1. The van der Waals surface area contributed by atoms with E-state index in [0.717, 1.165) is 0 Å². The molecule has 30 heavy (non-hydrogen) atoms. The van der Waals surface area contributed by atoms with E-state index in [2.05, 4.69) is 5.32 Å². The number of fused-ring (bicyclic) bond motifs is 1. The van der Waals surface area contributed by atoms with Crippen molar-refractivity contribution in [2.45, 2.75) is 23.2 Å². The summed E-state index contributed by atoms with van der Waals surface area (Å²) in [5, 5.41) is 4.28. The van der Waals surface area contributed by atoms with E-state index in [9.17, 15) is 18.0 Å². The molecule has 8 nitrogen and oxygen atoms in total. The van der Waals surface area contributed by atoms with E-state index in [-0.39, 0.29) is 29.1 Å². The van der Waals surface area contributed by atoms with Crippen molar-refractivity contribution in [2.75, 3.05) is 31.6 Å². The highest BCUT2D eigenvalue weighted by Crippen LogP contribution is 2.35. The van der Waals surface area contributed by atoms with Crippen molar-refractivity contribution in [3.05, 3.63) is 41.8 Å². The molecular formula is C20H23N3O5S2. The molecule has 0 radical (unpaired) electrons. The first-order chi connectivity index (χ1) is 14.4. The van der Waals surface area contributed by atoms with Gasteiger partial charge in [0.2, 0.25) is 5.91 Å². The molecule has 1 saturated heterocycles. The van der Waals surface area contributed by atoms with E-state index in [0.29, 0.717) is 30.8 Å². The van der Waals surface area contributed by atoms with Gasteiger partial charge in [0.05, 0.1) is 18.2 Å². The molecule has 0 bridgehead atoms. The van der Waals surface area contributed by atoms with E-state index < -0.39 is 22.0 Å². The van der Waals surface area contributed by atoms with Crippen LogP contribution in [0.1, 0.15) is 12.8 Å². The fraction of sp³-hybridized carbons (Fsp3) is 0.400. The number of carbonyl (C=O) groups is 2. The number of hydrogen-bond acceptors (Lipinski definition) is 6. The van der Waals surface area contributed by atoms with Crippen molar-refractivity contribution >= 4 is 38.9 Å². The highest BCUT2D eigenvalue weighted by atomic mass is 32.2. The van der Waals surface area contributed by atoms with Gasteiger partial charge in [0.15, 0.2) is 6.10 Å². The Hall–Kier alpha value is -2.43. The molecule has 4 rings (SSSR count). The number of amides is 2. The number of thiophene rings is 1. The Morgan fingerprint density at radius 3 is 2.70 bits per heavy atom. The first kappa shape index (κ1) is 20.8. The number of likely N-dealkylation sites (N-methyl/N-ethyl adjacent to an activating group) is 1. The van der Waals surface area contributed by atoms with Crippen LogP contribution in [0.4, 0.5) is 5.69 Å². The van der Waals surface area contributed by atoms with Crippen LogP contribution in [0.25, 0.3) is 0 Å². The fourth-order valence-electron chi connectivity index (χ4n) is 3.86. The molecule has 160 valence electrons. The van der Waals surface area contributed by atoms with Crippen molar-refractivity contribution in [1.29, 1.82) is 0 Å². The van der Waals surface area contributed by atoms with Crippen molar-refractivity contribution < 1.29 is 22.7 Å². The lowest BCUT2D eigenvalue weighted by molar-refractivity contribution is -0.128. The van der Waals surface area contributed by atoms with Crippen LogP contribution in [0.3, 0.4) is 0 Å². The van der Waals surface area contributed by atoms with Gasteiger partial charge in [-0.25, -0.2) is 8.42 Å². The second-order valence-corrected chi connectivity index (χ2v) is 10.4. The van der Waals surface area contributed by atoms with Crippen LogP contribution in [0.15, 0.2) is 46.0 Å². The Bertz CT molecular complexity index is 1040. The third kappa shape index (κ3) is 3.82. The molecule has 1 N–H and O–H groups in total. The van der Waals surface area contributed by atoms with Gasteiger partial charge >= 0.3 is 0 Å². The highest BCUT2D eigenvalue weighted by molar-refractivity contribution is 7.91.